The summed E-state index contributed by atoms with van der Waals surface area (Å²) in [6.45, 7) is 6.44. The zero-order valence-corrected chi connectivity index (χ0v) is 18.2. The second-order valence-corrected chi connectivity index (χ2v) is 8.71. The van der Waals surface area contributed by atoms with Crippen LogP contribution in [0.3, 0.4) is 0 Å². The van der Waals surface area contributed by atoms with Crippen molar-refractivity contribution in [3.05, 3.63) is 65.4 Å². The van der Waals surface area contributed by atoms with E-state index in [1.54, 1.807) is 4.68 Å². The standard InChI is InChI=1S/C24H27N5O2/c1-15-4-9-22(25-13-15)31-14-18-12-19-6-8-20(18)29(19)24(30)23-21(7-5-16(2)26-23)28-11-10-17(3)27-28/h4-5,7,9-11,13,18-20H,6,8,12,14H2,1-3H3. The van der Waals surface area contributed by atoms with Gasteiger partial charge < -0.3 is 9.64 Å². The molecule has 0 spiro atoms. The van der Waals surface area contributed by atoms with Crippen molar-refractivity contribution in [3.8, 4) is 11.6 Å². The Bertz CT molecular complexity index is 1110. The fourth-order valence-electron chi connectivity index (χ4n) is 4.90. The quantitative estimate of drug-likeness (QED) is 0.633. The number of aromatic nitrogens is 4. The number of pyridine rings is 2. The molecule has 2 aliphatic heterocycles. The van der Waals surface area contributed by atoms with Crippen LogP contribution in [0.25, 0.3) is 5.69 Å². The minimum atomic E-state index is -0.00434. The number of carbonyl (C=O) groups excluding carboxylic acids is 1. The normalized spacial score (nSPS) is 22.2. The number of hydrogen-bond acceptors (Lipinski definition) is 5. The van der Waals surface area contributed by atoms with E-state index in [-0.39, 0.29) is 18.0 Å². The minimum absolute atomic E-state index is 0.00434. The maximum Gasteiger partial charge on any atom is 0.275 e. The highest BCUT2D eigenvalue weighted by Crippen LogP contribution is 2.43. The summed E-state index contributed by atoms with van der Waals surface area (Å²) in [5.74, 6) is 0.948. The van der Waals surface area contributed by atoms with Gasteiger partial charge in [-0.3, -0.25) is 4.79 Å². The Morgan fingerprint density at radius 2 is 1.97 bits per heavy atom. The van der Waals surface area contributed by atoms with Gasteiger partial charge in [-0.2, -0.15) is 5.10 Å². The Kier molecular flexibility index (Phi) is 4.96. The molecule has 3 aromatic rings. The highest BCUT2D eigenvalue weighted by atomic mass is 16.5. The molecule has 0 N–H and O–H groups in total. The largest absolute Gasteiger partial charge is 0.477 e. The molecule has 2 fully saturated rings. The van der Waals surface area contributed by atoms with E-state index >= 15 is 0 Å². The zero-order chi connectivity index (χ0) is 21.5. The van der Waals surface area contributed by atoms with Gasteiger partial charge in [0.15, 0.2) is 5.69 Å². The number of ether oxygens (including phenoxy) is 1. The SMILES string of the molecule is Cc1ccc(OCC2CC3CCC2N3C(=O)c2nc(C)ccc2-n2ccc(C)n2)nc1. The van der Waals surface area contributed by atoms with Gasteiger partial charge in [0.05, 0.1) is 18.0 Å². The molecule has 160 valence electrons. The lowest BCUT2D eigenvalue weighted by Crippen LogP contribution is -2.38. The van der Waals surface area contributed by atoms with Crippen LogP contribution in [0.15, 0.2) is 42.7 Å². The summed E-state index contributed by atoms with van der Waals surface area (Å²) >= 11 is 0. The lowest BCUT2D eigenvalue weighted by Gasteiger charge is -2.25. The summed E-state index contributed by atoms with van der Waals surface area (Å²) in [6, 6.07) is 10.1. The van der Waals surface area contributed by atoms with Crippen LogP contribution < -0.4 is 4.74 Å². The molecule has 31 heavy (non-hydrogen) atoms. The average Bonchev–Trinajstić information content (AvgIpc) is 3.47. The maximum atomic E-state index is 13.7. The molecule has 5 heterocycles. The van der Waals surface area contributed by atoms with Crippen LogP contribution in [0.1, 0.15) is 46.7 Å². The molecule has 1 amide bonds. The Labute approximate surface area is 182 Å². The summed E-state index contributed by atoms with van der Waals surface area (Å²) in [5.41, 5.74) is 4.04. The number of amides is 1. The Balaban J connectivity index is 1.37. The molecule has 2 saturated heterocycles. The first-order valence-electron chi connectivity index (χ1n) is 10.9. The number of fused-ring (bicyclic) bond motifs is 2. The van der Waals surface area contributed by atoms with Crippen LogP contribution in [0.5, 0.6) is 5.88 Å². The van der Waals surface area contributed by atoms with Crippen molar-refractivity contribution in [1.82, 2.24) is 24.6 Å². The predicted molar refractivity (Wildman–Crippen MR) is 116 cm³/mol. The van der Waals surface area contributed by atoms with E-state index in [1.165, 1.54) is 0 Å². The van der Waals surface area contributed by atoms with Crippen LogP contribution in [0, 0.1) is 26.7 Å². The van der Waals surface area contributed by atoms with E-state index in [4.69, 9.17) is 4.74 Å². The minimum Gasteiger partial charge on any atom is -0.477 e. The van der Waals surface area contributed by atoms with Crippen molar-refractivity contribution in [2.75, 3.05) is 6.61 Å². The van der Waals surface area contributed by atoms with Gasteiger partial charge in [0, 0.05) is 42.2 Å². The second-order valence-electron chi connectivity index (χ2n) is 8.71. The smallest absolute Gasteiger partial charge is 0.275 e. The molecular formula is C24H27N5O2. The third kappa shape index (κ3) is 3.69. The number of aryl methyl sites for hydroxylation is 3. The summed E-state index contributed by atoms with van der Waals surface area (Å²) in [6.07, 6.45) is 6.70. The van der Waals surface area contributed by atoms with Gasteiger partial charge in [0.1, 0.15) is 0 Å². The molecule has 2 bridgehead atoms. The monoisotopic (exact) mass is 417 g/mol. The molecule has 0 aromatic carbocycles. The van der Waals surface area contributed by atoms with E-state index in [0.717, 1.165) is 41.9 Å². The Morgan fingerprint density at radius 1 is 1.10 bits per heavy atom. The van der Waals surface area contributed by atoms with Crippen LogP contribution >= 0.6 is 0 Å². The third-order valence-electron chi connectivity index (χ3n) is 6.41. The number of hydrogen-bond donors (Lipinski definition) is 0. The summed E-state index contributed by atoms with van der Waals surface area (Å²) in [7, 11) is 0. The first-order chi connectivity index (χ1) is 15.0. The van der Waals surface area contributed by atoms with Gasteiger partial charge in [0.25, 0.3) is 5.91 Å². The maximum absolute atomic E-state index is 13.7. The highest BCUT2D eigenvalue weighted by molar-refractivity contribution is 5.96. The Hall–Kier alpha value is -3.22. The van der Waals surface area contributed by atoms with Gasteiger partial charge >= 0.3 is 0 Å². The van der Waals surface area contributed by atoms with Gasteiger partial charge in [0.2, 0.25) is 5.88 Å². The van der Waals surface area contributed by atoms with Crippen LogP contribution in [0.2, 0.25) is 0 Å². The predicted octanol–water partition coefficient (Wildman–Crippen LogP) is 3.66. The summed E-state index contributed by atoms with van der Waals surface area (Å²) in [4.78, 5) is 24.7. The molecule has 3 aromatic heterocycles. The molecule has 0 aliphatic carbocycles. The van der Waals surface area contributed by atoms with Crippen molar-refractivity contribution in [2.24, 2.45) is 5.92 Å². The van der Waals surface area contributed by atoms with E-state index in [0.29, 0.717) is 24.1 Å². The highest BCUT2D eigenvalue weighted by Gasteiger charge is 2.49. The van der Waals surface area contributed by atoms with Crippen LogP contribution in [-0.4, -0.2) is 49.2 Å². The first-order valence-corrected chi connectivity index (χ1v) is 10.9. The fourth-order valence-corrected chi connectivity index (χ4v) is 4.90. The van der Waals surface area contributed by atoms with Gasteiger partial charge in [-0.05, 0) is 63.8 Å². The lowest BCUT2D eigenvalue weighted by atomic mass is 9.90. The summed E-state index contributed by atoms with van der Waals surface area (Å²) in [5, 5.41) is 4.50. The molecule has 7 heteroatoms. The van der Waals surface area contributed by atoms with Crippen molar-refractivity contribution in [1.29, 1.82) is 0 Å². The molecule has 7 nitrogen and oxygen atoms in total. The van der Waals surface area contributed by atoms with Crippen LogP contribution in [-0.2, 0) is 0 Å². The van der Waals surface area contributed by atoms with E-state index in [9.17, 15) is 4.79 Å². The van der Waals surface area contributed by atoms with Gasteiger partial charge in [-0.25, -0.2) is 14.6 Å². The molecule has 3 atom stereocenters. The molecule has 2 aliphatic rings. The second kappa shape index (κ2) is 7.80. The first kappa shape index (κ1) is 19.7. The van der Waals surface area contributed by atoms with Crippen molar-refractivity contribution in [3.63, 3.8) is 0 Å². The molecule has 5 rings (SSSR count). The number of rotatable bonds is 5. The van der Waals surface area contributed by atoms with Crippen molar-refractivity contribution < 1.29 is 9.53 Å². The molecule has 3 unspecified atom stereocenters. The van der Waals surface area contributed by atoms with E-state index in [1.807, 2.05) is 63.5 Å². The average molecular weight is 418 g/mol. The number of carbonyl (C=O) groups is 1. The Morgan fingerprint density at radius 3 is 2.71 bits per heavy atom. The van der Waals surface area contributed by atoms with Crippen LogP contribution in [0.4, 0.5) is 0 Å². The van der Waals surface area contributed by atoms with E-state index < -0.39 is 0 Å². The van der Waals surface area contributed by atoms with Gasteiger partial charge in [-0.1, -0.05) is 6.07 Å². The molecule has 0 saturated carbocycles. The number of nitrogens with zero attached hydrogens (tertiary/aromatic N) is 5. The molecule has 0 radical (unpaired) electrons. The van der Waals surface area contributed by atoms with E-state index in [2.05, 4.69) is 20.0 Å². The third-order valence-corrected chi connectivity index (χ3v) is 6.41. The summed E-state index contributed by atoms with van der Waals surface area (Å²) < 4.78 is 7.71. The van der Waals surface area contributed by atoms with Crippen molar-refractivity contribution >= 4 is 5.91 Å². The fraction of sp³-hybridized carbons (Fsp3) is 0.417. The lowest BCUT2D eigenvalue weighted by molar-refractivity contribution is 0.0703. The van der Waals surface area contributed by atoms with Crippen molar-refractivity contribution in [2.45, 2.75) is 52.1 Å². The topological polar surface area (TPSA) is 73.1 Å². The molecular weight excluding hydrogens is 390 g/mol. The van der Waals surface area contributed by atoms with Gasteiger partial charge in [-0.15, -0.1) is 0 Å². The zero-order valence-electron chi connectivity index (χ0n) is 18.2.